The predicted molar refractivity (Wildman–Crippen MR) is 85.3 cm³/mol. The van der Waals surface area contributed by atoms with Crippen LogP contribution >= 0.6 is 0 Å². The summed E-state index contributed by atoms with van der Waals surface area (Å²) in [6.45, 7) is 5.04. The predicted octanol–water partition coefficient (Wildman–Crippen LogP) is 2.52. The van der Waals surface area contributed by atoms with E-state index in [1.807, 2.05) is 0 Å². The molecule has 5 heteroatoms. The summed E-state index contributed by atoms with van der Waals surface area (Å²) in [7, 11) is 0. The molecule has 1 aliphatic rings. The second kappa shape index (κ2) is 6.35. The van der Waals surface area contributed by atoms with Crippen molar-refractivity contribution < 1.29 is 9.53 Å². The lowest BCUT2D eigenvalue weighted by atomic mass is 9.85. The minimum absolute atomic E-state index is 0.0663. The first-order valence-corrected chi connectivity index (χ1v) is 7.59. The summed E-state index contributed by atoms with van der Waals surface area (Å²) in [4.78, 5) is 11.5. The van der Waals surface area contributed by atoms with Gasteiger partial charge in [-0.25, -0.2) is 0 Å². The second-order valence-electron chi connectivity index (χ2n) is 5.74. The lowest BCUT2D eigenvalue weighted by Crippen LogP contribution is -2.43. The first-order valence-electron chi connectivity index (χ1n) is 7.59. The van der Waals surface area contributed by atoms with Crippen LogP contribution in [0.1, 0.15) is 49.9 Å². The van der Waals surface area contributed by atoms with E-state index in [1.165, 1.54) is 0 Å². The molecule has 0 radical (unpaired) electrons. The number of nitrogen functional groups attached to an aromatic ring is 1. The highest BCUT2D eigenvalue weighted by molar-refractivity contribution is 5.99. The van der Waals surface area contributed by atoms with Crippen molar-refractivity contribution >= 4 is 17.3 Å². The standard InChI is InChI=1S/C16H25N3O2/c1-3-16(4-2)10-12(7-8-21-16)19-14-9-11(17)5-6-13(14)15(18)20/h5-6,9,12,19H,3-4,7-8,10,17H2,1-2H3,(H2,18,20). The molecular weight excluding hydrogens is 266 g/mol. The van der Waals surface area contributed by atoms with E-state index in [-0.39, 0.29) is 11.6 Å². The summed E-state index contributed by atoms with van der Waals surface area (Å²) in [5.41, 5.74) is 13.0. The average molecular weight is 291 g/mol. The number of carbonyl (C=O) groups excluding carboxylic acids is 1. The number of carbonyl (C=O) groups is 1. The summed E-state index contributed by atoms with van der Waals surface area (Å²) in [6, 6.07) is 5.40. The van der Waals surface area contributed by atoms with Gasteiger partial charge in [-0.1, -0.05) is 13.8 Å². The van der Waals surface area contributed by atoms with Gasteiger partial charge in [0.25, 0.3) is 5.91 Å². The minimum atomic E-state index is -0.443. The van der Waals surface area contributed by atoms with Crippen LogP contribution in [0.4, 0.5) is 11.4 Å². The van der Waals surface area contributed by atoms with E-state index in [4.69, 9.17) is 16.2 Å². The maximum atomic E-state index is 11.5. The fourth-order valence-corrected chi connectivity index (χ4v) is 3.01. The van der Waals surface area contributed by atoms with E-state index >= 15 is 0 Å². The van der Waals surface area contributed by atoms with Crippen LogP contribution in [0.15, 0.2) is 18.2 Å². The molecule has 1 fully saturated rings. The molecule has 5 N–H and O–H groups in total. The first kappa shape index (κ1) is 15.6. The van der Waals surface area contributed by atoms with Crippen LogP contribution in [0.3, 0.4) is 0 Å². The van der Waals surface area contributed by atoms with Gasteiger partial charge < -0.3 is 21.5 Å². The van der Waals surface area contributed by atoms with E-state index in [9.17, 15) is 4.79 Å². The van der Waals surface area contributed by atoms with E-state index in [0.29, 0.717) is 11.3 Å². The molecule has 1 aromatic carbocycles. The molecule has 1 amide bonds. The maximum Gasteiger partial charge on any atom is 0.250 e. The fourth-order valence-electron chi connectivity index (χ4n) is 3.01. The monoisotopic (exact) mass is 291 g/mol. The van der Waals surface area contributed by atoms with Crippen molar-refractivity contribution in [1.82, 2.24) is 0 Å². The van der Waals surface area contributed by atoms with Crippen molar-refractivity contribution in [1.29, 1.82) is 0 Å². The van der Waals surface area contributed by atoms with Crippen LogP contribution in [0.2, 0.25) is 0 Å². The Kier molecular flexibility index (Phi) is 4.73. The number of nitrogens with two attached hydrogens (primary N) is 2. The zero-order valence-electron chi connectivity index (χ0n) is 12.8. The molecule has 116 valence electrons. The molecule has 0 saturated carbocycles. The number of amides is 1. The van der Waals surface area contributed by atoms with Gasteiger partial charge in [0.1, 0.15) is 0 Å². The Labute approximate surface area is 126 Å². The fraction of sp³-hybridized carbons (Fsp3) is 0.562. The van der Waals surface area contributed by atoms with Crippen molar-refractivity contribution in [3.8, 4) is 0 Å². The zero-order chi connectivity index (χ0) is 15.5. The number of primary amides is 1. The SMILES string of the molecule is CCC1(CC)CC(Nc2cc(N)ccc2C(N)=O)CCO1. The summed E-state index contributed by atoms with van der Waals surface area (Å²) < 4.78 is 5.98. The quantitative estimate of drug-likeness (QED) is 0.727. The first-order chi connectivity index (χ1) is 9.99. The van der Waals surface area contributed by atoms with Gasteiger partial charge in [0.2, 0.25) is 0 Å². The number of rotatable bonds is 5. The zero-order valence-corrected chi connectivity index (χ0v) is 12.8. The van der Waals surface area contributed by atoms with E-state index in [2.05, 4.69) is 19.2 Å². The van der Waals surface area contributed by atoms with E-state index < -0.39 is 5.91 Å². The largest absolute Gasteiger partial charge is 0.399 e. The Morgan fingerprint density at radius 1 is 1.43 bits per heavy atom. The number of ether oxygens (including phenoxy) is 1. The summed E-state index contributed by atoms with van der Waals surface area (Å²) >= 11 is 0. The smallest absolute Gasteiger partial charge is 0.250 e. The molecule has 0 bridgehead atoms. The molecule has 0 aromatic heterocycles. The van der Waals surface area contributed by atoms with Crippen LogP contribution < -0.4 is 16.8 Å². The highest BCUT2D eigenvalue weighted by Crippen LogP contribution is 2.33. The van der Waals surface area contributed by atoms with Crippen LogP contribution in [-0.4, -0.2) is 24.2 Å². The van der Waals surface area contributed by atoms with Crippen LogP contribution in [0.5, 0.6) is 0 Å². The third-order valence-electron chi connectivity index (χ3n) is 4.45. The Morgan fingerprint density at radius 3 is 2.76 bits per heavy atom. The van der Waals surface area contributed by atoms with Crippen LogP contribution in [0.25, 0.3) is 0 Å². The number of hydrogen-bond donors (Lipinski definition) is 3. The molecular formula is C16H25N3O2. The molecule has 1 heterocycles. The maximum absolute atomic E-state index is 11.5. The lowest BCUT2D eigenvalue weighted by Gasteiger charge is -2.40. The normalized spacial score (nSPS) is 21.0. The molecule has 0 aliphatic carbocycles. The summed E-state index contributed by atoms with van der Waals surface area (Å²) in [6.07, 6.45) is 3.81. The Morgan fingerprint density at radius 2 is 2.14 bits per heavy atom. The van der Waals surface area contributed by atoms with Gasteiger partial charge in [0, 0.05) is 24.0 Å². The number of anilines is 2. The Bertz CT molecular complexity index is 512. The Balaban J connectivity index is 2.18. The molecule has 5 nitrogen and oxygen atoms in total. The molecule has 1 saturated heterocycles. The van der Waals surface area contributed by atoms with Gasteiger partial charge in [0.05, 0.1) is 11.2 Å². The van der Waals surface area contributed by atoms with Crippen LogP contribution in [-0.2, 0) is 4.74 Å². The van der Waals surface area contributed by atoms with Gasteiger partial charge in [-0.3, -0.25) is 4.79 Å². The van der Waals surface area contributed by atoms with Crippen molar-refractivity contribution in [3.05, 3.63) is 23.8 Å². The van der Waals surface area contributed by atoms with Crippen molar-refractivity contribution in [3.63, 3.8) is 0 Å². The van der Waals surface area contributed by atoms with Gasteiger partial charge in [0.15, 0.2) is 0 Å². The topological polar surface area (TPSA) is 90.4 Å². The van der Waals surface area contributed by atoms with E-state index in [1.54, 1.807) is 18.2 Å². The summed E-state index contributed by atoms with van der Waals surface area (Å²) in [5.74, 6) is -0.443. The van der Waals surface area contributed by atoms with Crippen molar-refractivity contribution in [2.45, 2.75) is 51.2 Å². The second-order valence-corrected chi connectivity index (χ2v) is 5.74. The van der Waals surface area contributed by atoms with Gasteiger partial charge in [-0.2, -0.15) is 0 Å². The molecule has 1 atom stereocenters. The summed E-state index contributed by atoms with van der Waals surface area (Å²) in [5, 5.41) is 3.43. The number of benzene rings is 1. The van der Waals surface area contributed by atoms with Gasteiger partial charge in [-0.05, 0) is 43.9 Å². The van der Waals surface area contributed by atoms with E-state index in [0.717, 1.165) is 38.0 Å². The molecule has 1 unspecified atom stereocenters. The number of nitrogens with one attached hydrogen (secondary N) is 1. The minimum Gasteiger partial charge on any atom is -0.399 e. The average Bonchev–Trinajstić information content (AvgIpc) is 2.47. The van der Waals surface area contributed by atoms with Gasteiger partial charge >= 0.3 is 0 Å². The number of hydrogen-bond acceptors (Lipinski definition) is 4. The molecule has 1 aliphatic heterocycles. The third kappa shape index (κ3) is 3.47. The van der Waals surface area contributed by atoms with Crippen LogP contribution in [0, 0.1) is 0 Å². The Hall–Kier alpha value is -1.75. The molecule has 0 spiro atoms. The highest BCUT2D eigenvalue weighted by Gasteiger charge is 2.34. The van der Waals surface area contributed by atoms with Crippen molar-refractivity contribution in [2.75, 3.05) is 17.7 Å². The van der Waals surface area contributed by atoms with Gasteiger partial charge in [-0.15, -0.1) is 0 Å². The molecule has 1 aromatic rings. The third-order valence-corrected chi connectivity index (χ3v) is 4.45. The molecule has 21 heavy (non-hydrogen) atoms. The lowest BCUT2D eigenvalue weighted by molar-refractivity contribution is -0.0864. The highest BCUT2D eigenvalue weighted by atomic mass is 16.5. The molecule has 2 rings (SSSR count). The van der Waals surface area contributed by atoms with Crippen molar-refractivity contribution in [2.24, 2.45) is 5.73 Å².